The molecule has 0 heterocycles. The SMILES string of the molecule is CC(F)(OC(F)(F)C(F)(OC(F)(F)C(F)(F)OC(F)C(F)(F)F)C(F)(F)F)C(F)(F)F. The van der Waals surface area contributed by atoms with E-state index in [9.17, 15) is 79.0 Å². The number of halogens is 18. The van der Waals surface area contributed by atoms with E-state index in [1.54, 1.807) is 4.74 Å². The van der Waals surface area contributed by atoms with Crippen LogP contribution in [-0.4, -0.2) is 54.9 Å². The van der Waals surface area contributed by atoms with E-state index in [2.05, 4.69) is 0 Å². The van der Waals surface area contributed by atoms with Crippen LogP contribution < -0.4 is 0 Å². The van der Waals surface area contributed by atoms with Crippen LogP contribution in [0, 0.1) is 0 Å². The number of rotatable bonds is 8. The lowest BCUT2D eigenvalue weighted by Gasteiger charge is -2.39. The summed E-state index contributed by atoms with van der Waals surface area (Å²) < 4.78 is 232. The third-order valence-electron chi connectivity index (χ3n) is 2.68. The molecule has 21 heteroatoms. The van der Waals surface area contributed by atoms with Crippen molar-refractivity contribution in [1.29, 1.82) is 0 Å². The van der Waals surface area contributed by atoms with E-state index < -0.39 is 61.8 Å². The van der Waals surface area contributed by atoms with E-state index in [0.29, 0.717) is 0 Å². The number of hydrogen-bond donors (Lipinski definition) is 0. The second-order valence-electron chi connectivity index (χ2n) is 5.24. The highest BCUT2D eigenvalue weighted by Crippen LogP contribution is 2.54. The highest BCUT2D eigenvalue weighted by Gasteiger charge is 2.82. The van der Waals surface area contributed by atoms with Crippen molar-refractivity contribution in [2.24, 2.45) is 0 Å². The van der Waals surface area contributed by atoms with Gasteiger partial charge >= 0.3 is 48.6 Å². The van der Waals surface area contributed by atoms with Gasteiger partial charge in [-0.1, -0.05) is 0 Å². The number of hydrogen-bond acceptors (Lipinski definition) is 3. The average Bonchev–Trinajstić information content (AvgIpc) is 2.41. The summed E-state index contributed by atoms with van der Waals surface area (Å²) in [4.78, 5) is 0. The summed E-state index contributed by atoms with van der Waals surface area (Å²) in [6, 6.07) is 0. The molecular weight excluding hydrogens is 510 g/mol. The molecule has 31 heavy (non-hydrogen) atoms. The first-order valence-corrected chi connectivity index (χ1v) is 6.48. The molecule has 0 amide bonds. The second-order valence-corrected chi connectivity index (χ2v) is 5.24. The van der Waals surface area contributed by atoms with Gasteiger partial charge in [0.1, 0.15) is 0 Å². The first-order valence-electron chi connectivity index (χ1n) is 6.48. The standard InChI is InChI=1S/C10H4F18O3/c1-3(12,6(17,18)19)30-8(23,24)5(16,7(20,21)22)31-10(27,28)9(25,26)29-2(11)4(13,14)15/h2H,1H3. The predicted octanol–water partition coefficient (Wildman–Crippen LogP) is 6.15. The molecule has 0 N–H and O–H groups in total. The van der Waals surface area contributed by atoms with E-state index in [4.69, 9.17) is 0 Å². The van der Waals surface area contributed by atoms with Crippen LogP contribution in [0.25, 0.3) is 0 Å². The molecule has 0 saturated carbocycles. The van der Waals surface area contributed by atoms with Crippen LogP contribution >= 0.6 is 0 Å². The van der Waals surface area contributed by atoms with Gasteiger partial charge in [0.2, 0.25) is 0 Å². The van der Waals surface area contributed by atoms with E-state index in [1.807, 2.05) is 4.74 Å². The Hall–Kier alpha value is -1.38. The number of alkyl halides is 18. The monoisotopic (exact) mass is 514 g/mol. The molecule has 0 aromatic heterocycles. The van der Waals surface area contributed by atoms with E-state index in [-0.39, 0.29) is 0 Å². The summed E-state index contributed by atoms with van der Waals surface area (Å²) in [7, 11) is 0. The summed E-state index contributed by atoms with van der Waals surface area (Å²) in [6.45, 7) is -1.13. The molecule has 188 valence electrons. The Labute approximate surface area is 156 Å². The Morgan fingerprint density at radius 2 is 0.903 bits per heavy atom. The lowest BCUT2D eigenvalue weighted by atomic mass is 10.2. The lowest BCUT2D eigenvalue weighted by Crippen LogP contribution is -2.66. The molecule has 0 saturated heterocycles. The molecule has 3 unspecified atom stereocenters. The predicted molar refractivity (Wildman–Crippen MR) is 54.5 cm³/mol. The third-order valence-corrected chi connectivity index (χ3v) is 2.68. The van der Waals surface area contributed by atoms with Gasteiger partial charge in [0.05, 0.1) is 0 Å². The molecule has 0 spiro atoms. The fourth-order valence-corrected chi connectivity index (χ4v) is 1.15. The van der Waals surface area contributed by atoms with E-state index in [1.165, 1.54) is 4.74 Å². The fraction of sp³-hybridized carbons (Fsp3) is 1.00. The van der Waals surface area contributed by atoms with Crippen molar-refractivity contribution in [2.75, 3.05) is 0 Å². The maximum Gasteiger partial charge on any atom is 0.458 e. The second kappa shape index (κ2) is 7.89. The van der Waals surface area contributed by atoms with Crippen LogP contribution in [0.5, 0.6) is 0 Å². The molecule has 0 fully saturated rings. The molecule has 3 atom stereocenters. The van der Waals surface area contributed by atoms with Gasteiger partial charge in [-0.2, -0.15) is 70.2 Å². The number of ether oxygens (including phenoxy) is 3. The quantitative estimate of drug-likeness (QED) is 0.364. The van der Waals surface area contributed by atoms with Crippen LogP contribution in [-0.2, 0) is 14.2 Å². The topological polar surface area (TPSA) is 27.7 Å². The maximum absolute atomic E-state index is 13.7. The highest BCUT2D eigenvalue weighted by molar-refractivity contribution is 4.91. The van der Waals surface area contributed by atoms with Crippen molar-refractivity contribution in [3.8, 4) is 0 Å². The average molecular weight is 514 g/mol. The van der Waals surface area contributed by atoms with E-state index >= 15 is 0 Å². The van der Waals surface area contributed by atoms with Gasteiger partial charge in [-0.15, -0.1) is 0 Å². The molecule has 0 aliphatic heterocycles. The molecule has 0 aromatic rings. The summed E-state index contributed by atoms with van der Waals surface area (Å²) >= 11 is 0. The Morgan fingerprint density at radius 3 is 1.19 bits per heavy atom. The van der Waals surface area contributed by atoms with Gasteiger partial charge in [0.15, 0.2) is 0 Å². The largest absolute Gasteiger partial charge is 0.458 e. The molecule has 0 aliphatic carbocycles. The zero-order valence-corrected chi connectivity index (χ0v) is 13.6. The molecule has 0 aliphatic rings. The zero-order valence-electron chi connectivity index (χ0n) is 13.6. The summed E-state index contributed by atoms with van der Waals surface area (Å²) in [5.41, 5.74) is 0. The van der Waals surface area contributed by atoms with Gasteiger partial charge in [-0.3, -0.25) is 14.2 Å². The summed E-state index contributed by atoms with van der Waals surface area (Å²) in [5, 5.41) is 0. The van der Waals surface area contributed by atoms with Crippen molar-refractivity contribution in [3.63, 3.8) is 0 Å². The first kappa shape index (κ1) is 29.6. The van der Waals surface area contributed by atoms with Gasteiger partial charge in [0, 0.05) is 6.92 Å². The molecule has 0 aromatic carbocycles. The minimum Gasteiger partial charge on any atom is -0.270 e. The van der Waals surface area contributed by atoms with Crippen LogP contribution in [0.2, 0.25) is 0 Å². The van der Waals surface area contributed by atoms with Crippen LogP contribution in [0.4, 0.5) is 79.0 Å². The van der Waals surface area contributed by atoms with Crippen molar-refractivity contribution in [3.05, 3.63) is 0 Å². The minimum absolute atomic E-state index is 1.13. The van der Waals surface area contributed by atoms with Gasteiger partial charge < -0.3 is 0 Å². The minimum atomic E-state index is -7.79. The summed E-state index contributed by atoms with van der Waals surface area (Å²) in [5.74, 6) is -13.8. The Balaban J connectivity index is 6.27. The van der Waals surface area contributed by atoms with Gasteiger partial charge in [-0.05, 0) is 0 Å². The van der Waals surface area contributed by atoms with Crippen LogP contribution in [0.1, 0.15) is 6.92 Å². The van der Waals surface area contributed by atoms with Gasteiger partial charge in [0.25, 0.3) is 6.36 Å². The smallest absolute Gasteiger partial charge is 0.270 e. The normalized spacial score (nSPS) is 20.2. The highest BCUT2D eigenvalue weighted by atomic mass is 19.4. The van der Waals surface area contributed by atoms with Crippen LogP contribution in [0.15, 0.2) is 0 Å². The lowest BCUT2D eigenvalue weighted by molar-refractivity contribution is -0.560. The Morgan fingerprint density at radius 1 is 0.516 bits per heavy atom. The zero-order chi connectivity index (χ0) is 25.7. The van der Waals surface area contributed by atoms with Crippen LogP contribution in [0.3, 0.4) is 0 Å². The molecule has 0 radical (unpaired) electrons. The molecule has 0 bridgehead atoms. The van der Waals surface area contributed by atoms with E-state index in [0.717, 1.165) is 0 Å². The summed E-state index contributed by atoms with van der Waals surface area (Å²) in [6.07, 6.45) is -48.9. The van der Waals surface area contributed by atoms with Crippen molar-refractivity contribution < 1.29 is 93.2 Å². The molecule has 3 nitrogen and oxygen atoms in total. The molecule has 0 rings (SSSR count). The molecular formula is C10H4F18O3. The Kier molecular flexibility index (Phi) is 7.53. The van der Waals surface area contributed by atoms with Crippen molar-refractivity contribution >= 4 is 0 Å². The Bertz CT molecular complexity index is 618. The maximum atomic E-state index is 13.7. The first-order chi connectivity index (χ1) is 13.0. The van der Waals surface area contributed by atoms with Gasteiger partial charge in [-0.25, -0.2) is 8.78 Å². The van der Waals surface area contributed by atoms with Crippen molar-refractivity contribution in [2.45, 2.75) is 61.8 Å². The fourth-order valence-electron chi connectivity index (χ4n) is 1.15. The van der Waals surface area contributed by atoms with Crippen molar-refractivity contribution in [1.82, 2.24) is 0 Å². The third kappa shape index (κ3) is 6.11.